The maximum atomic E-state index is 12.9. The van der Waals surface area contributed by atoms with Crippen molar-refractivity contribution in [3.8, 4) is 17.2 Å². The van der Waals surface area contributed by atoms with Crippen LogP contribution in [0.1, 0.15) is 28.8 Å². The second-order valence-electron chi connectivity index (χ2n) is 7.37. The van der Waals surface area contributed by atoms with E-state index in [2.05, 4.69) is 31.9 Å². The van der Waals surface area contributed by atoms with E-state index in [1.165, 1.54) is 29.8 Å². The maximum absolute atomic E-state index is 12.9. The summed E-state index contributed by atoms with van der Waals surface area (Å²) in [5.74, 6) is -1.30. The summed E-state index contributed by atoms with van der Waals surface area (Å²) in [4.78, 5) is 35.1. The Kier molecular flexibility index (Phi) is 7.15. The van der Waals surface area contributed by atoms with E-state index in [-0.39, 0.29) is 23.2 Å². The fraction of sp³-hybridized carbons (Fsp3) is 0.300. The minimum atomic E-state index is -3.25. The molecule has 8 nitrogen and oxygen atoms in total. The molecule has 1 heterocycles. The van der Waals surface area contributed by atoms with Gasteiger partial charge in [0.1, 0.15) is 17.5 Å². The van der Waals surface area contributed by atoms with E-state index < -0.39 is 25.3 Å². The van der Waals surface area contributed by atoms with Crippen LogP contribution in [0.15, 0.2) is 39.3 Å². The van der Waals surface area contributed by atoms with Crippen LogP contribution >= 0.6 is 39.2 Å². The first-order chi connectivity index (χ1) is 14.5. The molecule has 1 fully saturated rings. The Morgan fingerprint density at radius 1 is 1.23 bits per heavy atom. The number of halogens is 2. The number of carbonyl (C=O) groups excluding carboxylic acids is 1. The highest BCUT2D eigenvalue weighted by atomic mass is 79.9. The number of carboxylic acid groups (broad SMARTS) is 1. The fourth-order valence-corrected chi connectivity index (χ4v) is 5.73. The smallest absolute Gasteiger partial charge is 0.326 e. The number of hydrogen-bond acceptors (Lipinski definition) is 5. The van der Waals surface area contributed by atoms with Crippen molar-refractivity contribution in [2.75, 3.05) is 13.2 Å². The fourth-order valence-electron chi connectivity index (χ4n) is 3.43. The second-order valence-corrected chi connectivity index (χ2v) is 11.5. The number of ether oxygens (including phenoxy) is 1. The van der Waals surface area contributed by atoms with Crippen molar-refractivity contribution in [3.05, 3.63) is 50.4 Å². The molecule has 166 valence electrons. The van der Waals surface area contributed by atoms with Gasteiger partial charge in [0, 0.05) is 19.4 Å². The first-order valence-corrected chi connectivity index (χ1v) is 13.2. The van der Waals surface area contributed by atoms with Gasteiger partial charge in [0.05, 0.1) is 14.5 Å². The first kappa shape index (κ1) is 23.8. The molecule has 1 unspecified atom stereocenters. The Morgan fingerprint density at radius 3 is 2.45 bits per heavy atom. The van der Waals surface area contributed by atoms with Gasteiger partial charge < -0.3 is 24.7 Å². The molecule has 2 aromatic carbocycles. The van der Waals surface area contributed by atoms with Crippen LogP contribution in [-0.4, -0.2) is 51.1 Å². The van der Waals surface area contributed by atoms with Crippen LogP contribution in [-0.2, 0) is 15.5 Å². The standard InChI is InChI=1S/C20H20Br2NO7P/c1-31(28,29)10-11-7-14(21)18(15(22)8-11)30-12-4-5-17(24)13(9-12)19(25)23-6-2-3-16(23)20(26)27/h4-5,7-9,16,24H,2-3,6,10H2,1H3,(H,26,27)(H,28,29)/t16-/m0/s1. The van der Waals surface area contributed by atoms with Crippen LogP contribution in [0, 0.1) is 0 Å². The highest BCUT2D eigenvalue weighted by Gasteiger charge is 2.35. The SMILES string of the molecule is CP(=O)(O)Cc1cc(Br)c(Oc2ccc(O)c(C(=O)N3CCC[C@H]3C(=O)O)c2)c(Br)c1. The highest BCUT2D eigenvalue weighted by molar-refractivity contribution is 9.11. The molecule has 1 aliphatic heterocycles. The minimum absolute atomic E-state index is 0.00289. The zero-order chi connectivity index (χ0) is 22.9. The lowest BCUT2D eigenvalue weighted by molar-refractivity contribution is -0.141. The Labute approximate surface area is 195 Å². The summed E-state index contributed by atoms with van der Waals surface area (Å²) < 4.78 is 18.6. The van der Waals surface area contributed by atoms with Crippen molar-refractivity contribution in [2.24, 2.45) is 0 Å². The Hall–Kier alpha value is -1.87. The molecule has 0 spiro atoms. The third-order valence-electron chi connectivity index (χ3n) is 4.75. The monoisotopic (exact) mass is 575 g/mol. The lowest BCUT2D eigenvalue weighted by atomic mass is 10.1. The molecule has 1 aliphatic rings. The average molecular weight is 577 g/mol. The van der Waals surface area contributed by atoms with Gasteiger partial charge in [-0.25, -0.2) is 4.79 Å². The molecule has 0 bridgehead atoms. The van der Waals surface area contributed by atoms with Crippen LogP contribution in [0.5, 0.6) is 17.2 Å². The number of aliphatic carboxylic acids is 1. The van der Waals surface area contributed by atoms with Crippen LogP contribution in [0.4, 0.5) is 0 Å². The Morgan fingerprint density at radius 2 is 1.87 bits per heavy atom. The normalized spacial score (nSPS) is 17.9. The minimum Gasteiger partial charge on any atom is -0.507 e. The number of rotatable bonds is 6. The van der Waals surface area contributed by atoms with Gasteiger partial charge in [-0.2, -0.15) is 0 Å². The summed E-state index contributed by atoms with van der Waals surface area (Å²) in [7, 11) is -3.25. The van der Waals surface area contributed by atoms with Crippen molar-refractivity contribution in [1.29, 1.82) is 0 Å². The third-order valence-corrected chi connectivity index (χ3v) is 6.88. The first-order valence-electron chi connectivity index (χ1n) is 9.28. The van der Waals surface area contributed by atoms with Crippen LogP contribution in [0.25, 0.3) is 0 Å². The predicted molar refractivity (Wildman–Crippen MR) is 121 cm³/mol. The molecule has 0 aliphatic carbocycles. The molecule has 11 heteroatoms. The molecule has 31 heavy (non-hydrogen) atoms. The number of hydrogen-bond donors (Lipinski definition) is 3. The van der Waals surface area contributed by atoms with Crippen molar-refractivity contribution >= 4 is 51.1 Å². The summed E-state index contributed by atoms with van der Waals surface area (Å²) in [6, 6.07) is 6.56. The largest absolute Gasteiger partial charge is 0.507 e. The zero-order valence-electron chi connectivity index (χ0n) is 16.4. The quantitative estimate of drug-likeness (QED) is 0.422. The van der Waals surface area contributed by atoms with Gasteiger partial charge in [-0.15, -0.1) is 0 Å². The predicted octanol–water partition coefficient (Wildman–Crippen LogP) is 4.80. The molecule has 0 radical (unpaired) electrons. The number of aromatic hydroxyl groups is 1. The molecular formula is C20H20Br2NO7P. The number of benzene rings is 2. The van der Waals surface area contributed by atoms with Gasteiger partial charge in [0.25, 0.3) is 5.91 Å². The molecule has 0 saturated carbocycles. The number of carbonyl (C=O) groups is 2. The van der Waals surface area contributed by atoms with Crippen molar-refractivity contribution in [1.82, 2.24) is 4.90 Å². The maximum Gasteiger partial charge on any atom is 0.326 e. The Bertz CT molecular complexity index is 1060. The van der Waals surface area contributed by atoms with E-state index in [9.17, 15) is 29.3 Å². The molecule has 0 aromatic heterocycles. The van der Waals surface area contributed by atoms with E-state index in [1.54, 1.807) is 12.1 Å². The van der Waals surface area contributed by atoms with Crippen molar-refractivity contribution < 1.29 is 34.0 Å². The molecule has 3 N–H and O–H groups in total. The van der Waals surface area contributed by atoms with Gasteiger partial charge in [-0.05, 0) is 80.6 Å². The molecule has 2 atom stereocenters. The summed E-state index contributed by atoms with van der Waals surface area (Å²) in [5, 5.41) is 19.5. The van der Waals surface area contributed by atoms with E-state index in [1.807, 2.05) is 0 Å². The summed E-state index contributed by atoms with van der Waals surface area (Å²) >= 11 is 6.77. The summed E-state index contributed by atoms with van der Waals surface area (Å²) in [6.45, 7) is 1.58. The van der Waals surface area contributed by atoms with Gasteiger partial charge in [-0.1, -0.05) is 0 Å². The number of carboxylic acids is 1. The van der Waals surface area contributed by atoms with E-state index in [0.717, 1.165) is 0 Å². The van der Waals surface area contributed by atoms with E-state index >= 15 is 0 Å². The number of amides is 1. The van der Waals surface area contributed by atoms with Crippen molar-refractivity contribution in [2.45, 2.75) is 25.0 Å². The van der Waals surface area contributed by atoms with Gasteiger partial charge in [0.15, 0.2) is 5.75 Å². The molecule has 3 rings (SSSR count). The topological polar surface area (TPSA) is 124 Å². The Balaban J connectivity index is 1.88. The average Bonchev–Trinajstić information content (AvgIpc) is 3.14. The lowest BCUT2D eigenvalue weighted by Gasteiger charge is -2.22. The number of phenolic OH excluding ortho intramolecular Hbond substituents is 1. The summed E-state index contributed by atoms with van der Waals surface area (Å²) in [6.07, 6.45) is 0.941. The third kappa shape index (κ3) is 5.68. The van der Waals surface area contributed by atoms with Crippen LogP contribution in [0.2, 0.25) is 0 Å². The van der Waals surface area contributed by atoms with Gasteiger partial charge >= 0.3 is 5.97 Å². The van der Waals surface area contributed by atoms with Crippen LogP contribution < -0.4 is 4.74 Å². The van der Waals surface area contributed by atoms with E-state index in [0.29, 0.717) is 39.6 Å². The zero-order valence-corrected chi connectivity index (χ0v) is 20.5. The van der Waals surface area contributed by atoms with E-state index in [4.69, 9.17) is 4.74 Å². The molecular weight excluding hydrogens is 557 g/mol. The molecule has 1 saturated heterocycles. The number of likely N-dealkylation sites (tertiary alicyclic amines) is 1. The van der Waals surface area contributed by atoms with Crippen molar-refractivity contribution in [3.63, 3.8) is 0 Å². The second kappa shape index (κ2) is 9.32. The van der Waals surface area contributed by atoms with Gasteiger partial charge in [0.2, 0.25) is 7.37 Å². The highest BCUT2D eigenvalue weighted by Crippen LogP contribution is 2.44. The molecule has 1 amide bonds. The number of phenols is 1. The molecule has 2 aromatic rings. The van der Waals surface area contributed by atoms with Crippen LogP contribution in [0.3, 0.4) is 0 Å². The summed E-state index contributed by atoms with van der Waals surface area (Å²) in [5.41, 5.74) is 0.580. The van der Waals surface area contributed by atoms with Gasteiger partial charge in [-0.3, -0.25) is 9.36 Å². The number of nitrogens with zero attached hydrogens (tertiary/aromatic N) is 1. The lowest BCUT2D eigenvalue weighted by Crippen LogP contribution is -2.40.